The lowest BCUT2D eigenvalue weighted by molar-refractivity contribution is 0.0165. The molecule has 1 fully saturated rings. The Morgan fingerprint density at radius 1 is 1.27 bits per heavy atom. The zero-order valence-corrected chi connectivity index (χ0v) is 9.11. The Morgan fingerprint density at radius 3 is 2.33 bits per heavy atom. The van der Waals surface area contributed by atoms with Crippen LogP contribution in [0.2, 0.25) is 5.02 Å². The number of benzene rings is 1. The summed E-state index contributed by atoms with van der Waals surface area (Å²) in [6.45, 7) is 1.53. The molecule has 1 atom stereocenters. The van der Waals surface area contributed by atoms with Gasteiger partial charge in [0.25, 0.3) is 5.92 Å². The van der Waals surface area contributed by atoms with Gasteiger partial charge >= 0.3 is 0 Å². The van der Waals surface area contributed by atoms with Gasteiger partial charge in [0, 0.05) is 17.0 Å². The molecule has 0 amide bonds. The van der Waals surface area contributed by atoms with Crippen LogP contribution in [0.25, 0.3) is 0 Å². The lowest BCUT2D eigenvalue weighted by atomic mass is 9.90. The number of hydrogen-bond acceptors (Lipinski definition) is 1. The van der Waals surface area contributed by atoms with Gasteiger partial charge in [0.05, 0.1) is 6.54 Å². The van der Waals surface area contributed by atoms with Crippen LogP contribution in [0, 0.1) is 0 Å². The molecule has 0 spiro atoms. The summed E-state index contributed by atoms with van der Waals surface area (Å²) in [6, 6.07) is 7.02. The fourth-order valence-corrected chi connectivity index (χ4v) is 2.11. The summed E-state index contributed by atoms with van der Waals surface area (Å²) in [5.74, 6) is -2.62. The molecular formula is C11H12ClF2N. The molecule has 1 aromatic rings. The summed E-state index contributed by atoms with van der Waals surface area (Å²) in [5.41, 5.74) is 0.206. The third-order valence-electron chi connectivity index (χ3n) is 2.83. The number of alkyl halides is 2. The highest BCUT2D eigenvalue weighted by molar-refractivity contribution is 6.30. The Bertz CT molecular complexity index is 363. The monoisotopic (exact) mass is 231 g/mol. The van der Waals surface area contributed by atoms with Gasteiger partial charge in [-0.3, -0.25) is 0 Å². The average molecular weight is 232 g/mol. The van der Waals surface area contributed by atoms with Crippen LogP contribution in [0.15, 0.2) is 24.3 Å². The molecule has 0 aliphatic carbocycles. The Balaban J connectivity index is 2.27. The van der Waals surface area contributed by atoms with E-state index >= 15 is 0 Å². The fraction of sp³-hybridized carbons (Fsp3) is 0.455. The second-order valence-corrected chi connectivity index (χ2v) is 4.66. The summed E-state index contributed by atoms with van der Waals surface area (Å²) >= 11 is 5.75. The van der Waals surface area contributed by atoms with Gasteiger partial charge in [-0.15, -0.1) is 0 Å². The maximum absolute atomic E-state index is 13.1. The molecule has 1 unspecified atom stereocenters. The van der Waals surface area contributed by atoms with Gasteiger partial charge in [0.15, 0.2) is 0 Å². The molecule has 1 N–H and O–H groups in total. The van der Waals surface area contributed by atoms with Crippen molar-refractivity contribution in [1.82, 2.24) is 5.32 Å². The predicted octanol–water partition coefficient (Wildman–Crippen LogP) is 3.18. The highest BCUT2D eigenvalue weighted by atomic mass is 35.5. The summed E-state index contributed by atoms with van der Waals surface area (Å²) in [7, 11) is 0. The van der Waals surface area contributed by atoms with Crippen molar-refractivity contribution in [2.45, 2.75) is 24.8 Å². The minimum atomic E-state index is -2.62. The number of rotatable bonds is 1. The van der Waals surface area contributed by atoms with Crippen LogP contribution in [0.1, 0.15) is 18.9 Å². The first-order chi connectivity index (χ1) is 6.91. The third-order valence-corrected chi connectivity index (χ3v) is 3.08. The Labute approximate surface area is 92.4 Å². The van der Waals surface area contributed by atoms with Crippen molar-refractivity contribution in [1.29, 1.82) is 0 Å². The van der Waals surface area contributed by atoms with Crippen molar-refractivity contribution in [3.8, 4) is 0 Å². The van der Waals surface area contributed by atoms with E-state index in [9.17, 15) is 8.78 Å². The molecule has 1 nitrogen and oxygen atoms in total. The van der Waals surface area contributed by atoms with E-state index in [1.807, 2.05) is 0 Å². The molecule has 1 aliphatic rings. The van der Waals surface area contributed by atoms with E-state index in [4.69, 9.17) is 11.6 Å². The molecule has 0 radical (unpaired) electrons. The van der Waals surface area contributed by atoms with Crippen molar-refractivity contribution < 1.29 is 8.78 Å². The van der Waals surface area contributed by atoms with Gasteiger partial charge in [-0.2, -0.15) is 0 Å². The van der Waals surface area contributed by atoms with Crippen molar-refractivity contribution in [2.75, 3.05) is 6.54 Å². The molecular weight excluding hydrogens is 220 g/mol. The standard InChI is InChI=1S/C11H12ClF2N/c1-10(6-11(13,14)7-15-10)8-2-4-9(12)5-3-8/h2-5,15H,6-7H2,1H3. The van der Waals surface area contributed by atoms with E-state index < -0.39 is 11.5 Å². The van der Waals surface area contributed by atoms with E-state index in [-0.39, 0.29) is 13.0 Å². The third kappa shape index (κ3) is 2.13. The molecule has 1 heterocycles. The van der Waals surface area contributed by atoms with Crippen LogP contribution in [0.5, 0.6) is 0 Å². The van der Waals surface area contributed by atoms with Crippen LogP contribution < -0.4 is 5.32 Å². The first-order valence-corrected chi connectivity index (χ1v) is 5.18. The summed E-state index contributed by atoms with van der Waals surface area (Å²) in [4.78, 5) is 0. The van der Waals surface area contributed by atoms with Crippen LogP contribution in [0.4, 0.5) is 8.78 Å². The first kappa shape index (κ1) is 10.8. The highest BCUT2D eigenvalue weighted by Crippen LogP contribution is 2.38. The van der Waals surface area contributed by atoms with Gasteiger partial charge in [-0.25, -0.2) is 8.78 Å². The van der Waals surface area contributed by atoms with E-state index in [0.29, 0.717) is 5.02 Å². The van der Waals surface area contributed by atoms with Gasteiger partial charge in [0.2, 0.25) is 0 Å². The average Bonchev–Trinajstić information content (AvgIpc) is 2.43. The molecule has 82 valence electrons. The van der Waals surface area contributed by atoms with Crippen LogP contribution in [0.3, 0.4) is 0 Å². The van der Waals surface area contributed by atoms with Gasteiger partial charge in [-0.1, -0.05) is 23.7 Å². The summed E-state index contributed by atoms with van der Waals surface area (Å²) in [5, 5.41) is 3.48. The van der Waals surface area contributed by atoms with Gasteiger partial charge in [0.1, 0.15) is 0 Å². The largest absolute Gasteiger partial charge is 0.302 e. The van der Waals surface area contributed by atoms with E-state index in [0.717, 1.165) is 5.56 Å². The molecule has 1 saturated heterocycles. The molecule has 2 rings (SSSR count). The summed E-state index contributed by atoms with van der Waals surface area (Å²) < 4.78 is 26.2. The van der Waals surface area contributed by atoms with Gasteiger partial charge in [-0.05, 0) is 24.6 Å². The molecule has 4 heteroatoms. The van der Waals surface area contributed by atoms with E-state index in [1.54, 1.807) is 31.2 Å². The van der Waals surface area contributed by atoms with Crippen molar-refractivity contribution in [3.63, 3.8) is 0 Å². The second-order valence-electron chi connectivity index (χ2n) is 4.23. The molecule has 0 saturated carbocycles. The predicted molar refractivity (Wildman–Crippen MR) is 56.4 cm³/mol. The SMILES string of the molecule is CC1(c2ccc(Cl)cc2)CC(F)(F)CN1. The van der Waals surface area contributed by atoms with E-state index in [1.165, 1.54) is 0 Å². The second kappa shape index (κ2) is 3.42. The zero-order valence-electron chi connectivity index (χ0n) is 8.36. The smallest absolute Gasteiger partial charge is 0.262 e. The minimum Gasteiger partial charge on any atom is -0.302 e. The normalized spacial score (nSPS) is 29.3. The minimum absolute atomic E-state index is 0.165. The molecule has 15 heavy (non-hydrogen) atoms. The maximum atomic E-state index is 13.1. The van der Waals surface area contributed by atoms with Crippen molar-refractivity contribution in [2.24, 2.45) is 0 Å². The van der Waals surface area contributed by atoms with Crippen LogP contribution in [-0.2, 0) is 5.54 Å². The lowest BCUT2D eigenvalue weighted by Gasteiger charge is -2.24. The quantitative estimate of drug-likeness (QED) is 0.783. The first-order valence-electron chi connectivity index (χ1n) is 4.80. The lowest BCUT2D eigenvalue weighted by Crippen LogP contribution is -2.32. The van der Waals surface area contributed by atoms with Crippen molar-refractivity contribution in [3.05, 3.63) is 34.9 Å². The number of hydrogen-bond donors (Lipinski definition) is 1. The van der Waals surface area contributed by atoms with Crippen LogP contribution >= 0.6 is 11.6 Å². The molecule has 1 aromatic carbocycles. The Hall–Kier alpha value is -0.670. The van der Waals surface area contributed by atoms with Crippen molar-refractivity contribution >= 4 is 11.6 Å². The molecule has 0 bridgehead atoms. The highest BCUT2D eigenvalue weighted by Gasteiger charge is 2.47. The fourth-order valence-electron chi connectivity index (χ4n) is 1.99. The molecule has 1 aliphatic heterocycles. The Morgan fingerprint density at radius 2 is 1.87 bits per heavy atom. The Kier molecular flexibility index (Phi) is 2.47. The van der Waals surface area contributed by atoms with Gasteiger partial charge < -0.3 is 5.32 Å². The summed E-state index contributed by atoms with van der Waals surface area (Å²) in [6.07, 6.45) is -0.165. The maximum Gasteiger partial charge on any atom is 0.262 e. The zero-order chi connectivity index (χ0) is 11.1. The topological polar surface area (TPSA) is 12.0 Å². The molecule has 0 aromatic heterocycles. The van der Waals surface area contributed by atoms with E-state index in [2.05, 4.69) is 5.32 Å². The van der Waals surface area contributed by atoms with Crippen LogP contribution in [-0.4, -0.2) is 12.5 Å². The number of halogens is 3. The number of nitrogens with one attached hydrogen (secondary N) is 1.